The molecule has 0 unspecified atom stereocenters. The molecule has 0 spiro atoms. The molecule has 2 aliphatic rings. The largest absolute Gasteiger partial charge is 0.469 e. The van der Waals surface area contributed by atoms with E-state index in [-0.39, 0.29) is 12.0 Å². The molecule has 1 aromatic carbocycles. The Bertz CT molecular complexity index is 590. The quantitative estimate of drug-likeness (QED) is 0.802. The number of hydrogen-bond acceptors (Lipinski definition) is 6. The van der Waals surface area contributed by atoms with Crippen LogP contribution >= 0.6 is 11.8 Å². The van der Waals surface area contributed by atoms with Crippen molar-refractivity contribution in [1.82, 2.24) is 5.32 Å². The molecule has 2 aliphatic heterocycles. The topological polar surface area (TPSA) is 59.9 Å². The highest BCUT2D eigenvalue weighted by atomic mass is 32.2. The summed E-state index contributed by atoms with van der Waals surface area (Å²) in [6.45, 7) is 1.86. The van der Waals surface area contributed by atoms with E-state index in [9.17, 15) is 4.79 Å². The molecule has 2 bridgehead atoms. The summed E-state index contributed by atoms with van der Waals surface area (Å²) < 4.78 is 11.0. The van der Waals surface area contributed by atoms with Crippen LogP contribution in [0.1, 0.15) is 18.5 Å². The zero-order valence-corrected chi connectivity index (χ0v) is 12.4. The highest BCUT2D eigenvalue weighted by molar-refractivity contribution is 8.13. The van der Waals surface area contributed by atoms with Crippen LogP contribution in [0.4, 0.5) is 0 Å². The van der Waals surface area contributed by atoms with Crippen molar-refractivity contribution in [2.45, 2.75) is 18.7 Å². The normalized spacial score (nSPS) is 30.4. The number of nitrogens with zero attached hydrogens (tertiary/aromatic N) is 1. The van der Waals surface area contributed by atoms with Gasteiger partial charge in [0.05, 0.1) is 7.11 Å². The fourth-order valence-electron chi connectivity index (χ4n) is 2.79. The molecule has 20 heavy (non-hydrogen) atoms. The van der Waals surface area contributed by atoms with E-state index in [0.29, 0.717) is 0 Å². The first-order valence-corrected chi connectivity index (χ1v) is 7.57. The van der Waals surface area contributed by atoms with Crippen LogP contribution in [0, 0.1) is 5.92 Å². The Morgan fingerprint density at radius 2 is 2.25 bits per heavy atom. The molecule has 0 aliphatic carbocycles. The summed E-state index contributed by atoms with van der Waals surface area (Å²) in [4.78, 5) is 16.8. The maximum absolute atomic E-state index is 12.2. The van der Waals surface area contributed by atoms with E-state index in [1.54, 1.807) is 0 Å². The Balaban J connectivity index is 2.16. The number of amidine groups is 1. The lowest BCUT2D eigenvalue weighted by Gasteiger charge is -2.47. The number of fused-ring (bicyclic) bond motifs is 4. The maximum atomic E-state index is 12.2. The lowest BCUT2D eigenvalue weighted by atomic mass is 9.81. The highest BCUT2D eigenvalue weighted by Crippen LogP contribution is 2.47. The van der Waals surface area contributed by atoms with Gasteiger partial charge in [0.2, 0.25) is 0 Å². The predicted octanol–water partition coefficient (Wildman–Crippen LogP) is 1.95. The van der Waals surface area contributed by atoms with Crippen molar-refractivity contribution in [1.29, 1.82) is 0 Å². The third kappa shape index (κ3) is 1.86. The molecule has 3 atom stereocenters. The lowest BCUT2D eigenvalue weighted by Crippen LogP contribution is -2.63. The standard InChI is InChI=1S/C14H16N2O3S/c1-14-10(12(17)18-2)11(15-13(16-14)20-3)8-6-4-5-7-9(8)19-14/h4-7,10-11H,1-3H3,(H,15,16)/t10-,11+,14-/m0/s1. The Morgan fingerprint density at radius 3 is 2.95 bits per heavy atom. The van der Waals surface area contributed by atoms with E-state index in [4.69, 9.17) is 9.47 Å². The zero-order valence-electron chi connectivity index (χ0n) is 11.5. The molecule has 106 valence electrons. The van der Waals surface area contributed by atoms with Crippen molar-refractivity contribution < 1.29 is 14.3 Å². The molecular weight excluding hydrogens is 276 g/mol. The molecule has 5 nitrogen and oxygen atoms in total. The smallest absolute Gasteiger partial charge is 0.317 e. The van der Waals surface area contributed by atoms with Crippen molar-refractivity contribution in [3.63, 3.8) is 0 Å². The van der Waals surface area contributed by atoms with Gasteiger partial charge in [-0.25, -0.2) is 0 Å². The van der Waals surface area contributed by atoms with Gasteiger partial charge in [-0.05, 0) is 19.2 Å². The predicted molar refractivity (Wildman–Crippen MR) is 77.8 cm³/mol. The average Bonchev–Trinajstić information content (AvgIpc) is 2.44. The number of aliphatic imine (C=N–C) groups is 1. The Labute approximate surface area is 121 Å². The third-order valence-corrected chi connectivity index (χ3v) is 4.32. The van der Waals surface area contributed by atoms with Gasteiger partial charge in [0.1, 0.15) is 17.7 Å². The van der Waals surface area contributed by atoms with Gasteiger partial charge >= 0.3 is 5.97 Å². The van der Waals surface area contributed by atoms with Gasteiger partial charge in [0.25, 0.3) is 0 Å². The molecule has 0 amide bonds. The minimum Gasteiger partial charge on any atom is -0.469 e. The number of methoxy groups -OCH3 is 1. The Kier molecular flexibility index (Phi) is 3.12. The van der Waals surface area contributed by atoms with Crippen LogP contribution in [0.25, 0.3) is 0 Å². The number of hydrogen-bond donors (Lipinski definition) is 1. The van der Waals surface area contributed by atoms with Gasteiger partial charge in [-0.1, -0.05) is 30.0 Å². The van der Waals surface area contributed by atoms with Crippen LogP contribution in [0.15, 0.2) is 29.3 Å². The zero-order chi connectivity index (χ0) is 14.3. The number of para-hydroxylation sites is 1. The first-order chi connectivity index (χ1) is 9.59. The van der Waals surface area contributed by atoms with Crippen molar-refractivity contribution >= 4 is 22.9 Å². The Hall–Kier alpha value is -1.69. The number of ether oxygens (including phenoxy) is 2. The van der Waals surface area contributed by atoms with E-state index in [1.807, 2.05) is 37.4 Å². The number of nitrogens with one attached hydrogen (secondary N) is 1. The SMILES string of the molecule is COC(=O)[C@@H]1[C@@H]2N=C(SC)N[C@@]1(C)Oc1ccccc12. The van der Waals surface area contributed by atoms with Gasteiger partial charge in [0, 0.05) is 5.56 Å². The fraction of sp³-hybridized carbons (Fsp3) is 0.429. The lowest BCUT2D eigenvalue weighted by molar-refractivity contribution is -0.158. The van der Waals surface area contributed by atoms with Gasteiger partial charge in [0.15, 0.2) is 10.9 Å². The number of carbonyl (C=O) groups excluding carboxylic acids is 1. The minimum absolute atomic E-state index is 0.277. The summed E-state index contributed by atoms with van der Waals surface area (Å²) in [7, 11) is 1.39. The molecule has 3 rings (SSSR count). The molecule has 6 heteroatoms. The van der Waals surface area contributed by atoms with Crippen LogP contribution in [-0.2, 0) is 9.53 Å². The number of rotatable bonds is 1. The molecule has 1 N–H and O–H groups in total. The first-order valence-electron chi connectivity index (χ1n) is 6.35. The van der Waals surface area contributed by atoms with Crippen molar-refractivity contribution in [2.75, 3.05) is 13.4 Å². The van der Waals surface area contributed by atoms with E-state index >= 15 is 0 Å². The monoisotopic (exact) mass is 292 g/mol. The maximum Gasteiger partial charge on any atom is 0.317 e. The molecule has 0 aromatic heterocycles. The third-order valence-electron chi connectivity index (χ3n) is 3.73. The minimum atomic E-state index is -0.841. The van der Waals surface area contributed by atoms with E-state index in [1.165, 1.54) is 18.9 Å². The number of esters is 1. The summed E-state index contributed by atoms with van der Waals surface area (Å²) in [5.74, 6) is -0.0572. The summed E-state index contributed by atoms with van der Waals surface area (Å²) in [6.07, 6.45) is 1.94. The van der Waals surface area contributed by atoms with Gasteiger partial charge < -0.3 is 14.8 Å². The molecule has 0 saturated carbocycles. The molecule has 0 radical (unpaired) electrons. The van der Waals surface area contributed by atoms with E-state index < -0.39 is 11.6 Å². The molecule has 1 aromatic rings. The van der Waals surface area contributed by atoms with Crippen LogP contribution in [0.3, 0.4) is 0 Å². The molecule has 0 fully saturated rings. The van der Waals surface area contributed by atoms with Crippen LogP contribution in [0.2, 0.25) is 0 Å². The molecule has 2 heterocycles. The number of thioether (sulfide) groups is 1. The highest BCUT2D eigenvalue weighted by Gasteiger charge is 2.54. The van der Waals surface area contributed by atoms with Crippen LogP contribution < -0.4 is 10.1 Å². The summed E-state index contributed by atoms with van der Waals surface area (Å²) >= 11 is 1.50. The first kappa shape index (κ1) is 13.3. The van der Waals surface area contributed by atoms with E-state index in [2.05, 4.69) is 10.3 Å². The summed E-state index contributed by atoms with van der Waals surface area (Å²) in [5.41, 5.74) is 0.0834. The van der Waals surface area contributed by atoms with Crippen molar-refractivity contribution in [3.8, 4) is 5.75 Å². The number of benzene rings is 1. The van der Waals surface area contributed by atoms with Gasteiger partial charge in [-0.3, -0.25) is 9.79 Å². The second kappa shape index (κ2) is 4.70. The van der Waals surface area contributed by atoms with Crippen molar-refractivity contribution in [2.24, 2.45) is 10.9 Å². The Morgan fingerprint density at radius 1 is 1.50 bits per heavy atom. The van der Waals surface area contributed by atoms with Crippen LogP contribution in [0.5, 0.6) is 5.75 Å². The average molecular weight is 292 g/mol. The van der Waals surface area contributed by atoms with Gasteiger partial charge in [-0.15, -0.1) is 0 Å². The molecule has 0 saturated heterocycles. The van der Waals surface area contributed by atoms with Crippen molar-refractivity contribution in [3.05, 3.63) is 29.8 Å². The number of carbonyl (C=O) groups is 1. The van der Waals surface area contributed by atoms with E-state index in [0.717, 1.165) is 16.5 Å². The summed E-state index contributed by atoms with van der Waals surface area (Å²) in [6, 6.07) is 7.41. The second-order valence-electron chi connectivity index (χ2n) is 4.96. The van der Waals surface area contributed by atoms with Gasteiger partial charge in [-0.2, -0.15) is 0 Å². The summed E-state index contributed by atoms with van der Waals surface area (Å²) in [5, 5.41) is 3.98. The fourth-order valence-corrected chi connectivity index (χ4v) is 3.32. The van der Waals surface area contributed by atoms with Crippen LogP contribution in [-0.4, -0.2) is 30.2 Å². The second-order valence-corrected chi connectivity index (χ2v) is 5.75. The molecular formula is C14H16N2O3S.